The number of nitrogens with one attached hydrogen (secondary N) is 1. The number of fused-ring (bicyclic) bond motifs is 2. The molecule has 1 aliphatic heterocycles. The van der Waals surface area contributed by atoms with Gasteiger partial charge in [-0.05, 0) is 55.6 Å². The number of rotatable bonds is 4. The lowest BCUT2D eigenvalue weighted by molar-refractivity contribution is -0.183. The molecule has 0 bridgehead atoms. The van der Waals surface area contributed by atoms with Crippen LogP contribution in [-0.4, -0.2) is 33.2 Å². The molecule has 29 heavy (non-hydrogen) atoms. The molecule has 156 valence electrons. The third-order valence-corrected chi connectivity index (χ3v) is 6.90. The van der Waals surface area contributed by atoms with E-state index in [1.54, 1.807) is 16.6 Å². The van der Waals surface area contributed by atoms with Gasteiger partial charge in [-0.15, -0.1) is 0 Å². The monoisotopic (exact) mass is 407 g/mol. The Morgan fingerprint density at radius 2 is 1.97 bits per heavy atom. The molecule has 2 aromatic heterocycles. The number of nitrogens with zero attached hydrogens (tertiary/aromatic N) is 3. The van der Waals surface area contributed by atoms with E-state index in [2.05, 4.69) is 15.4 Å². The Labute approximate surface area is 166 Å². The molecule has 2 aromatic rings. The summed E-state index contributed by atoms with van der Waals surface area (Å²) in [7, 11) is 0. The van der Waals surface area contributed by atoms with Crippen molar-refractivity contribution in [1.29, 1.82) is 0 Å². The predicted octanol–water partition coefficient (Wildman–Crippen LogP) is 2.63. The number of alkyl halides is 3. The number of halogens is 3. The smallest absolute Gasteiger partial charge is 0.355 e. The Morgan fingerprint density at radius 1 is 1.21 bits per heavy atom. The Bertz CT molecular complexity index is 932. The van der Waals surface area contributed by atoms with Gasteiger partial charge >= 0.3 is 6.18 Å². The highest BCUT2D eigenvalue weighted by Crippen LogP contribution is 2.56. The summed E-state index contributed by atoms with van der Waals surface area (Å²) in [6.07, 6.45) is 1.12. The third-order valence-electron chi connectivity index (χ3n) is 6.90. The van der Waals surface area contributed by atoms with Crippen molar-refractivity contribution in [3.8, 4) is 0 Å². The molecular weight excluding hydrogens is 383 g/mol. The second-order valence-corrected chi connectivity index (χ2v) is 8.93. The molecule has 2 saturated carbocycles. The Morgan fingerprint density at radius 3 is 2.69 bits per heavy atom. The summed E-state index contributed by atoms with van der Waals surface area (Å²) in [6, 6.07) is 3.39. The Hall–Kier alpha value is -2.16. The number of piperidine rings is 1. The largest absolute Gasteiger partial charge is 0.393 e. The van der Waals surface area contributed by atoms with E-state index in [0.717, 1.165) is 30.4 Å². The van der Waals surface area contributed by atoms with E-state index in [9.17, 15) is 18.0 Å². The van der Waals surface area contributed by atoms with Gasteiger partial charge in [-0.1, -0.05) is 0 Å². The zero-order chi connectivity index (χ0) is 20.3. The van der Waals surface area contributed by atoms with Crippen molar-refractivity contribution in [3.05, 3.63) is 29.7 Å². The number of carbonyl (C=O) groups excluding carboxylic acids is 1. The van der Waals surface area contributed by atoms with E-state index in [4.69, 9.17) is 5.73 Å². The predicted molar refractivity (Wildman–Crippen MR) is 98.6 cm³/mol. The van der Waals surface area contributed by atoms with Gasteiger partial charge in [-0.3, -0.25) is 4.79 Å². The molecule has 3 aliphatic rings. The van der Waals surface area contributed by atoms with Crippen molar-refractivity contribution in [3.63, 3.8) is 0 Å². The summed E-state index contributed by atoms with van der Waals surface area (Å²) in [5, 5.41) is 6.86. The summed E-state index contributed by atoms with van der Waals surface area (Å²) >= 11 is 0. The van der Waals surface area contributed by atoms with Crippen LogP contribution in [0.4, 0.5) is 13.2 Å². The molecule has 5 rings (SSSR count). The summed E-state index contributed by atoms with van der Waals surface area (Å²) in [5.41, 5.74) is 8.47. The average molecular weight is 407 g/mol. The topological polar surface area (TPSA) is 85.3 Å². The van der Waals surface area contributed by atoms with Gasteiger partial charge < -0.3 is 11.1 Å². The lowest BCUT2D eigenvalue weighted by Gasteiger charge is -2.30. The van der Waals surface area contributed by atoms with Crippen LogP contribution in [-0.2, 0) is 11.2 Å². The first-order chi connectivity index (χ1) is 13.8. The fourth-order valence-electron chi connectivity index (χ4n) is 5.09. The summed E-state index contributed by atoms with van der Waals surface area (Å²) in [6.45, 7) is -0.350. The zero-order valence-electron chi connectivity index (χ0n) is 15.9. The molecule has 0 spiro atoms. The fraction of sp³-hybridized carbons (Fsp3) is 0.650. The highest BCUT2D eigenvalue weighted by Gasteiger charge is 2.48. The van der Waals surface area contributed by atoms with E-state index in [0.29, 0.717) is 17.3 Å². The molecular formula is C20H24F3N5O. The molecule has 9 heteroatoms. The maximum atomic E-state index is 13.0. The lowest BCUT2D eigenvalue weighted by atomic mass is 9.86. The highest BCUT2D eigenvalue weighted by molar-refractivity contribution is 5.79. The van der Waals surface area contributed by atoms with Crippen molar-refractivity contribution in [1.82, 2.24) is 19.9 Å². The fourth-order valence-corrected chi connectivity index (χ4v) is 5.09. The molecule has 2 aliphatic carbocycles. The van der Waals surface area contributed by atoms with E-state index in [-0.39, 0.29) is 31.3 Å². The molecule has 1 saturated heterocycles. The SMILES string of the molecule is N[C@@H](c1cn2nc(CC3C[C@@H](C(F)(F)F)CNC3=O)ccc2n1)C1C[C@@H]2C[C@@H]2C1. The van der Waals surface area contributed by atoms with Gasteiger partial charge in [0, 0.05) is 18.9 Å². The second-order valence-electron chi connectivity index (χ2n) is 8.93. The van der Waals surface area contributed by atoms with Gasteiger partial charge in [0.05, 0.1) is 29.5 Å². The molecule has 1 amide bonds. The van der Waals surface area contributed by atoms with Crippen molar-refractivity contribution in [2.24, 2.45) is 35.3 Å². The first-order valence-electron chi connectivity index (χ1n) is 10.2. The van der Waals surface area contributed by atoms with E-state index < -0.39 is 18.0 Å². The minimum atomic E-state index is -4.31. The maximum absolute atomic E-state index is 13.0. The van der Waals surface area contributed by atoms with Crippen LogP contribution in [0.15, 0.2) is 18.3 Å². The Balaban J connectivity index is 1.31. The van der Waals surface area contributed by atoms with Gasteiger partial charge in [0.2, 0.25) is 5.91 Å². The number of carbonyl (C=O) groups is 1. The standard InChI is InChI=1S/C20H24F3N5O/c21-20(22,23)14-6-13(19(29)25-8-14)7-15-1-2-17-26-16(9-28(17)27-15)18(24)12-4-10-3-11(10)5-12/h1-2,9-14,18H,3-8,24H2,(H,25,29)/t10-,11+,12?,13?,14-,18-/m1/s1. The number of nitrogens with two attached hydrogens (primary N) is 1. The normalized spacial score (nSPS) is 32.8. The molecule has 2 unspecified atom stereocenters. The van der Waals surface area contributed by atoms with E-state index >= 15 is 0 Å². The van der Waals surface area contributed by atoms with Crippen LogP contribution in [0.25, 0.3) is 5.65 Å². The van der Waals surface area contributed by atoms with Crippen LogP contribution in [0.1, 0.15) is 43.1 Å². The molecule has 0 aromatic carbocycles. The van der Waals surface area contributed by atoms with Crippen molar-refractivity contribution < 1.29 is 18.0 Å². The van der Waals surface area contributed by atoms with E-state index in [1.165, 1.54) is 6.42 Å². The van der Waals surface area contributed by atoms with Gasteiger partial charge in [0.25, 0.3) is 0 Å². The Kier molecular flexibility index (Phi) is 4.34. The first kappa shape index (κ1) is 18.8. The maximum Gasteiger partial charge on any atom is 0.393 e. The highest BCUT2D eigenvalue weighted by atomic mass is 19.4. The van der Waals surface area contributed by atoms with Crippen LogP contribution in [0.5, 0.6) is 0 Å². The molecule has 6 nitrogen and oxygen atoms in total. The second kappa shape index (κ2) is 6.68. The van der Waals surface area contributed by atoms with Crippen molar-refractivity contribution >= 4 is 11.6 Å². The van der Waals surface area contributed by atoms with Gasteiger partial charge in [0.15, 0.2) is 5.65 Å². The minimum Gasteiger partial charge on any atom is -0.355 e. The number of hydrogen-bond donors (Lipinski definition) is 2. The number of hydrogen-bond acceptors (Lipinski definition) is 4. The van der Waals surface area contributed by atoms with Crippen molar-refractivity contribution in [2.45, 2.75) is 44.3 Å². The summed E-state index contributed by atoms with van der Waals surface area (Å²) in [5.74, 6) is -0.459. The van der Waals surface area contributed by atoms with Gasteiger partial charge in [0.1, 0.15) is 0 Å². The zero-order valence-corrected chi connectivity index (χ0v) is 15.9. The van der Waals surface area contributed by atoms with Gasteiger partial charge in [-0.2, -0.15) is 18.3 Å². The first-order valence-corrected chi connectivity index (χ1v) is 10.2. The van der Waals surface area contributed by atoms with Crippen LogP contribution < -0.4 is 11.1 Å². The molecule has 6 atom stereocenters. The number of aromatic nitrogens is 3. The number of imidazole rings is 1. The average Bonchev–Trinajstić information content (AvgIpc) is 3.09. The summed E-state index contributed by atoms with van der Waals surface area (Å²) in [4.78, 5) is 16.7. The van der Waals surface area contributed by atoms with Crippen LogP contribution >= 0.6 is 0 Å². The molecule has 0 radical (unpaired) electrons. The minimum absolute atomic E-state index is 0.121. The third kappa shape index (κ3) is 3.60. The van der Waals surface area contributed by atoms with Crippen LogP contribution in [0, 0.1) is 29.6 Å². The van der Waals surface area contributed by atoms with Crippen LogP contribution in [0.3, 0.4) is 0 Å². The quantitative estimate of drug-likeness (QED) is 0.816. The number of amides is 1. The van der Waals surface area contributed by atoms with Crippen LogP contribution in [0.2, 0.25) is 0 Å². The summed E-state index contributed by atoms with van der Waals surface area (Å²) < 4.78 is 40.7. The lowest BCUT2D eigenvalue weighted by Crippen LogP contribution is -2.47. The van der Waals surface area contributed by atoms with E-state index in [1.807, 2.05) is 6.20 Å². The molecule has 3 heterocycles. The molecule has 3 N–H and O–H groups in total. The molecule has 3 fully saturated rings. The van der Waals surface area contributed by atoms with Crippen molar-refractivity contribution in [2.75, 3.05) is 6.54 Å². The van der Waals surface area contributed by atoms with Gasteiger partial charge in [-0.25, -0.2) is 9.50 Å².